The number of aromatic nitrogens is 2. The van der Waals surface area contributed by atoms with E-state index in [0.717, 1.165) is 10.9 Å². The zero-order chi connectivity index (χ0) is 18.8. The van der Waals surface area contributed by atoms with Crippen molar-refractivity contribution in [2.45, 2.75) is 17.5 Å². The summed E-state index contributed by atoms with van der Waals surface area (Å²) >= 11 is 2.83. The molecule has 0 spiro atoms. The normalized spacial score (nSPS) is 11.2. The van der Waals surface area contributed by atoms with Crippen molar-refractivity contribution in [2.75, 3.05) is 0 Å². The van der Waals surface area contributed by atoms with Crippen LogP contribution >= 0.6 is 23.1 Å². The summed E-state index contributed by atoms with van der Waals surface area (Å²) in [6.45, 7) is 0.405. The second-order valence-electron chi connectivity index (χ2n) is 5.91. The third-order valence-electron chi connectivity index (χ3n) is 4.09. The van der Waals surface area contributed by atoms with Crippen LogP contribution in [0.25, 0.3) is 10.9 Å². The zero-order valence-corrected chi connectivity index (χ0v) is 15.7. The van der Waals surface area contributed by atoms with Crippen molar-refractivity contribution in [3.05, 3.63) is 92.4 Å². The molecule has 0 aliphatic carbocycles. The average Bonchev–Trinajstić information content (AvgIpc) is 3.17. The van der Waals surface area contributed by atoms with Gasteiger partial charge in [0.2, 0.25) is 0 Å². The first-order valence-electron chi connectivity index (χ1n) is 8.20. The fourth-order valence-electron chi connectivity index (χ4n) is 2.74. The second-order valence-corrected chi connectivity index (χ2v) is 7.88. The Morgan fingerprint density at radius 1 is 1.07 bits per heavy atom. The summed E-state index contributed by atoms with van der Waals surface area (Å²) < 4.78 is 28.7. The summed E-state index contributed by atoms with van der Waals surface area (Å²) in [4.78, 5) is 18.6. The number of halogens is 2. The van der Waals surface area contributed by atoms with Gasteiger partial charge in [-0.2, -0.15) is 0 Å². The summed E-state index contributed by atoms with van der Waals surface area (Å²) in [5.41, 5.74) is 0.842. The molecule has 0 radical (unpaired) electrons. The molecule has 0 fully saturated rings. The van der Waals surface area contributed by atoms with Crippen molar-refractivity contribution >= 4 is 34.0 Å². The molecule has 27 heavy (non-hydrogen) atoms. The predicted molar refractivity (Wildman–Crippen MR) is 105 cm³/mol. The predicted octanol–water partition coefficient (Wildman–Crippen LogP) is 5.08. The zero-order valence-electron chi connectivity index (χ0n) is 14.1. The Kier molecular flexibility index (Phi) is 5.05. The highest BCUT2D eigenvalue weighted by Gasteiger charge is 2.14. The molecule has 0 unspecified atom stereocenters. The highest BCUT2D eigenvalue weighted by molar-refractivity contribution is 7.98. The second kappa shape index (κ2) is 7.62. The number of hydrogen-bond donors (Lipinski definition) is 0. The molecule has 2 aromatic heterocycles. The molecule has 0 amide bonds. The van der Waals surface area contributed by atoms with Crippen molar-refractivity contribution in [2.24, 2.45) is 0 Å². The van der Waals surface area contributed by atoms with E-state index in [1.807, 2.05) is 29.6 Å². The standard InChI is InChI=1S/C20H14F2N2OS2/c21-14-8-7-13(17(22)10-14)12-27-20-23-18-6-2-1-5-16(18)19(25)24(20)11-15-4-3-9-26-15/h1-10H,11-12H2. The smallest absolute Gasteiger partial charge is 0.262 e. The van der Waals surface area contributed by atoms with Gasteiger partial charge in [-0.05, 0) is 35.2 Å². The number of thiophene rings is 1. The Bertz CT molecular complexity index is 1160. The van der Waals surface area contributed by atoms with Crippen LogP contribution in [0.15, 0.2) is 69.9 Å². The largest absolute Gasteiger partial charge is 0.282 e. The fourth-order valence-corrected chi connectivity index (χ4v) is 4.41. The van der Waals surface area contributed by atoms with E-state index in [-0.39, 0.29) is 11.3 Å². The number of fused-ring (bicyclic) bond motifs is 1. The molecule has 7 heteroatoms. The molecule has 0 aliphatic heterocycles. The van der Waals surface area contributed by atoms with Gasteiger partial charge in [0.25, 0.3) is 5.56 Å². The molecule has 0 N–H and O–H groups in total. The van der Waals surface area contributed by atoms with Gasteiger partial charge in [-0.25, -0.2) is 13.8 Å². The van der Waals surface area contributed by atoms with Gasteiger partial charge in [-0.15, -0.1) is 11.3 Å². The average molecular weight is 400 g/mol. The van der Waals surface area contributed by atoms with Crippen LogP contribution in [0.5, 0.6) is 0 Å². The molecule has 4 rings (SSSR count). The quantitative estimate of drug-likeness (QED) is 0.346. The monoisotopic (exact) mass is 400 g/mol. The lowest BCUT2D eigenvalue weighted by Gasteiger charge is -2.12. The molecule has 0 saturated heterocycles. The van der Waals surface area contributed by atoms with Gasteiger partial charge >= 0.3 is 0 Å². The minimum absolute atomic E-state index is 0.129. The van der Waals surface area contributed by atoms with E-state index in [1.165, 1.54) is 23.9 Å². The van der Waals surface area contributed by atoms with Gasteiger partial charge < -0.3 is 0 Å². The third-order valence-corrected chi connectivity index (χ3v) is 5.98. The van der Waals surface area contributed by atoms with Gasteiger partial charge in [0.05, 0.1) is 17.4 Å². The highest BCUT2D eigenvalue weighted by atomic mass is 32.2. The lowest BCUT2D eigenvalue weighted by Crippen LogP contribution is -2.23. The van der Waals surface area contributed by atoms with E-state index in [9.17, 15) is 13.6 Å². The molecule has 2 aromatic carbocycles. The maximum absolute atomic E-state index is 14.0. The minimum Gasteiger partial charge on any atom is -0.282 e. The first kappa shape index (κ1) is 17.9. The van der Waals surface area contributed by atoms with E-state index in [0.29, 0.717) is 28.2 Å². The summed E-state index contributed by atoms with van der Waals surface area (Å²) in [6.07, 6.45) is 0. The molecular formula is C20H14F2N2OS2. The molecule has 0 bridgehead atoms. The van der Waals surface area contributed by atoms with Gasteiger partial charge in [0.15, 0.2) is 5.16 Å². The summed E-state index contributed by atoms with van der Waals surface area (Å²) in [5.74, 6) is -0.962. The number of rotatable bonds is 5. The maximum atomic E-state index is 14.0. The van der Waals surface area contributed by atoms with Gasteiger partial charge in [0, 0.05) is 16.7 Å². The molecule has 136 valence electrons. The van der Waals surface area contributed by atoms with Crippen molar-refractivity contribution in [1.29, 1.82) is 0 Å². The van der Waals surface area contributed by atoms with Crippen molar-refractivity contribution < 1.29 is 8.78 Å². The molecular weight excluding hydrogens is 386 g/mol. The topological polar surface area (TPSA) is 34.9 Å². The lowest BCUT2D eigenvalue weighted by atomic mass is 10.2. The Morgan fingerprint density at radius 3 is 2.70 bits per heavy atom. The Morgan fingerprint density at radius 2 is 1.93 bits per heavy atom. The van der Waals surface area contributed by atoms with Crippen LogP contribution in [-0.4, -0.2) is 9.55 Å². The van der Waals surface area contributed by atoms with Crippen LogP contribution in [0.1, 0.15) is 10.4 Å². The van der Waals surface area contributed by atoms with Crippen LogP contribution in [0.2, 0.25) is 0 Å². The molecule has 4 aromatic rings. The number of hydrogen-bond acceptors (Lipinski definition) is 4. The molecule has 0 saturated carbocycles. The first-order chi connectivity index (χ1) is 13.1. The van der Waals surface area contributed by atoms with Crippen LogP contribution < -0.4 is 5.56 Å². The van der Waals surface area contributed by atoms with Crippen molar-refractivity contribution in [3.63, 3.8) is 0 Å². The van der Waals surface area contributed by atoms with E-state index < -0.39 is 11.6 Å². The first-order valence-corrected chi connectivity index (χ1v) is 10.1. The molecule has 0 atom stereocenters. The van der Waals surface area contributed by atoms with Crippen molar-refractivity contribution in [3.8, 4) is 0 Å². The van der Waals surface area contributed by atoms with Gasteiger partial charge in [0.1, 0.15) is 11.6 Å². The van der Waals surface area contributed by atoms with E-state index in [1.54, 1.807) is 28.0 Å². The van der Waals surface area contributed by atoms with E-state index in [2.05, 4.69) is 4.98 Å². The van der Waals surface area contributed by atoms with E-state index in [4.69, 9.17) is 0 Å². The summed E-state index contributed by atoms with van der Waals surface area (Å²) in [5, 5.41) is 3.01. The molecule has 0 aliphatic rings. The lowest BCUT2D eigenvalue weighted by molar-refractivity contribution is 0.576. The van der Waals surface area contributed by atoms with Crippen LogP contribution in [0, 0.1) is 11.6 Å². The third kappa shape index (κ3) is 3.79. The van der Waals surface area contributed by atoms with Crippen molar-refractivity contribution in [1.82, 2.24) is 9.55 Å². The van der Waals surface area contributed by atoms with Gasteiger partial charge in [-0.1, -0.05) is 36.0 Å². The molecule has 3 nitrogen and oxygen atoms in total. The van der Waals surface area contributed by atoms with E-state index >= 15 is 0 Å². The summed E-state index contributed by atoms with van der Waals surface area (Å²) in [6, 6.07) is 14.6. The highest BCUT2D eigenvalue weighted by Crippen LogP contribution is 2.25. The number of para-hydroxylation sites is 1. The summed E-state index contributed by atoms with van der Waals surface area (Å²) in [7, 11) is 0. The Hall–Kier alpha value is -2.51. The Labute approximate surface area is 162 Å². The number of nitrogens with zero attached hydrogens (tertiary/aromatic N) is 2. The number of benzene rings is 2. The minimum atomic E-state index is -0.611. The SMILES string of the molecule is O=c1c2ccccc2nc(SCc2ccc(F)cc2F)n1Cc1cccs1. The van der Waals surface area contributed by atoms with Gasteiger partial charge in [-0.3, -0.25) is 9.36 Å². The Balaban J connectivity index is 1.74. The van der Waals surface area contributed by atoms with Crippen LogP contribution in [-0.2, 0) is 12.3 Å². The molecule has 2 heterocycles. The fraction of sp³-hybridized carbons (Fsp3) is 0.100. The van der Waals surface area contributed by atoms with Crippen LogP contribution in [0.3, 0.4) is 0 Å². The number of thioether (sulfide) groups is 1. The maximum Gasteiger partial charge on any atom is 0.262 e. The van der Waals surface area contributed by atoms with Crippen LogP contribution in [0.4, 0.5) is 8.78 Å².